The van der Waals surface area contributed by atoms with E-state index in [0.29, 0.717) is 33.5 Å². The van der Waals surface area contributed by atoms with Crippen molar-refractivity contribution in [2.75, 3.05) is 12.3 Å². The van der Waals surface area contributed by atoms with Crippen LogP contribution in [0, 0.1) is 0 Å². The van der Waals surface area contributed by atoms with Gasteiger partial charge in [0.15, 0.2) is 9.84 Å². The van der Waals surface area contributed by atoms with Crippen molar-refractivity contribution in [3.63, 3.8) is 0 Å². The molecule has 0 saturated heterocycles. The topological polar surface area (TPSA) is 89.3 Å². The Morgan fingerprint density at radius 2 is 1.84 bits per heavy atom. The first kappa shape index (κ1) is 19.9. The second-order valence-corrected chi connectivity index (χ2v) is 10.3. The van der Waals surface area contributed by atoms with Crippen LogP contribution in [0.15, 0.2) is 52.2 Å². The van der Waals surface area contributed by atoms with Crippen molar-refractivity contribution < 1.29 is 13.2 Å². The van der Waals surface area contributed by atoms with Gasteiger partial charge in [-0.05, 0) is 42.7 Å². The number of amides is 1. The fourth-order valence-corrected chi connectivity index (χ4v) is 5.97. The first-order valence-electron chi connectivity index (χ1n) is 10.6. The molecule has 31 heavy (non-hydrogen) atoms. The molecule has 3 heterocycles. The Morgan fingerprint density at radius 3 is 2.71 bits per heavy atom. The van der Waals surface area contributed by atoms with Gasteiger partial charge in [0.2, 0.25) is 0 Å². The minimum atomic E-state index is -3.43. The Hall–Kier alpha value is -3.00. The summed E-state index contributed by atoms with van der Waals surface area (Å²) in [7, 11) is -3.43. The van der Waals surface area contributed by atoms with E-state index in [1.165, 1.54) is 0 Å². The number of benzene rings is 2. The summed E-state index contributed by atoms with van der Waals surface area (Å²) in [5.74, 6) is 0.399. The summed E-state index contributed by atoms with van der Waals surface area (Å²) in [5.41, 5.74) is 1.49. The van der Waals surface area contributed by atoms with E-state index >= 15 is 0 Å². The normalized spacial score (nSPS) is 18.0. The molecule has 0 unspecified atom stereocenters. The van der Waals surface area contributed by atoms with Crippen LogP contribution in [0.25, 0.3) is 10.9 Å². The molecule has 8 heteroatoms. The fourth-order valence-electron chi connectivity index (χ4n) is 4.47. The number of nitrogens with zero attached hydrogens (tertiary/aromatic N) is 3. The third-order valence-electron chi connectivity index (χ3n) is 6.15. The highest BCUT2D eigenvalue weighted by molar-refractivity contribution is 7.91. The van der Waals surface area contributed by atoms with Gasteiger partial charge in [-0.25, -0.2) is 13.4 Å². The van der Waals surface area contributed by atoms with Crippen LogP contribution >= 0.6 is 0 Å². The molecule has 1 amide bonds. The van der Waals surface area contributed by atoms with Crippen molar-refractivity contribution in [1.82, 2.24) is 14.5 Å². The lowest BCUT2D eigenvalue weighted by Gasteiger charge is -2.20. The number of hydrogen-bond donors (Lipinski definition) is 0. The Morgan fingerprint density at radius 1 is 1.00 bits per heavy atom. The SMILES string of the molecule is O=C(c1ccc2c(=O)n3c(nc2c1)CCCCC3)N1CCS(=O)(=O)c2ccccc2C1. The smallest absolute Gasteiger partial charge is 0.261 e. The number of carbonyl (C=O) groups excluding carboxylic acids is 1. The molecule has 2 aliphatic rings. The van der Waals surface area contributed by atoms with Gasteiger partial charge in [-0.3, -0.25) is 14.2 Å². The molecule has 3 aromatic rings. The Labute approximate surface area is 180 Å². The molecule has 160 valence electrons. The van der Waals surface area contributed by atoms with Gasteiger partial charge in [-0.15, -0.1) is 0 Å². The Bertz CT molecular complexity index is 1360. The lowest BCUT2D eigenvalue weighted by atomic mass is 10.1. The van der Waals surface area contributed by atoms with Crippen molar-refractivity contribution >= 4 is 26.6 Å². The van der Waals surface area contributed by atoms with Gasteiger partial charge in [-0.2, -0.15) is 0 Å². The second kappa shape index (κ2) is 7.60. The molecular formula is C23H23N3O4S. The maximum Gasteiger partial charge on any atom is 0.261 e. The maximum atomic E-state index is 13.3. The number of aromatic nitrogens is 2. The van der Waals surface area contributed by atoms with E-state index in [1.54, 1.807) is 51.9 Å². The van der Waals surface area contributed by atoms with Crippen molar-refractivity contribution in [3.8, 4) is 0 Å². The number of carbonyl (C=O) groups is 1. The fraction of sp³-hybridized carbons (Fsp3) is 0.348. The van der Waals surface area contributed by atoms with E-state index in [2.05, 4.69) is 0 Å². The molecule has 7 nitrogen and oxygen atoms in total. The molecule has 0 bridgehead atoms. The molecule has 0 atom stereocenters. The number of sulfone groups is 1. The van der Waals surface area contributed by atoms with Crippen molar-refractivity contribution in [3.05, 3.63) is 69.8 Å². The van der Waals surface area contributed by atoms with E-state index in [-0.39, 0.29) is 30.3 Å². The first-order chi connectivity index (χ1) is 14.9. The molecule has 0 fully saturated rings. The quantitative estimate of drug-likeness (QED) is 0.584. The molecule has 0 saturated carbocycles. The number of fused-ring (bicyclic) bond motifs is 3. The minimum absolute atomic E-state index is 0.0595. The van der Waals surface area contributed by atoms with Gasteiger partial charge >= 0.3 is 0 Å². The van der Waals surface area contributed by atoms with Crippen molar-refractivity contribution in [1.29, 1.82) is 0 Å². The average Bonchev–Trinajstić information content (AvgIpc) is 3.08. The number of aryl methyl sites for hydroxylation is 1. The molecule has 0 N–H and O–H groups in total. The van der Waals surface area contributed by atoms with Crippen LogP contribution in [0.1, 0.15) is 41.0 Å². The van der Waals surface area contributed by atoms with Gasteiger partial charge in [0, 0.05) is 31.6 Å². The van der Waals surface area contributed by atoms with Crippen LogP contribution in [0.2, 0.25) is 0 Å². The molecule has 2 aliphatic heterocycles. The summed E-state index contributed by atoms with van der Waals surface area (Å²) in [5, 5.41) is 0.506. The standard InChI is InChI=1S/C23H23N3O4S/c27-22(25-12-13-31(29,30)20-7-4-3-6-17(20)15-25)16-9-10-18-19(14-16)24-21-8-2-1-5-11-26(21)23(18)28/h3-4,6-7,9-10,14H,1-2,5,8,11-13,15H2. The molecule has 0 aliphatic carbocycles. The zero-order valence-corrected chi connectivity index (χ0v) is 17.9. The van der Waals surface area contributed by atoms with Gasteiger partial charge in [0.1, 0.15) is 5.82 Å². The number of rotatable bonds is 1. The molecule has 0 radical (unpaired) electrons. The van der Waals surface area contributed by atoms with Crippen LogP contribution in [0.5, 0.6) is 0 Å². The molecule has 5 rings (SSSR count). The number of hydrogen-bond acceptors (Lipinski definition) is 5. The zero-order valence-electron chi connectivity index (χ0n) is 17.1. The second-order valence-electron chi connectivity index (χ2n) is 8.18. The third-order valence-corrected chi connectivity index (χ3v) is 7.94. The summed E-state index contributed by atoms with van der Waals surface area (Å²) in [6, 6.07) is 11.8. The van der Waals surface area contributed by atoms with E-state index in [0.717, 1.165) is 31.5 Å². The van der Waals surface area contributed by atoms with E-state index in [1.807, 2.05) is 0 Å². The summed E-state index contributed by atoms with van der Waals surface area (Å²) in [4.78, 5) is 32.7. The Kier molecular flexibility index (Phi) is 4.89. The maximum absolute atomic E-state index is 13.3. The van der Waals surface area contributed by atoms with Crippen molar-refractivity contribution in [2.45, 2.75) is 43.7 Å². The first-order valence-corrected chi connectivity index (χ1v) is 12.2. The highest BCUT2D eigenvalue weighted by Gasteiger charge is 2.28. The lowest BCUT2D eigenvalue weighted by molar-refractivity contribution is 0.0754. The van der Waals surface area contributed by atoms with Crippen LogP contribution in [0.3, 0.4) is 0 Å². The van der Waals surface area contributed by atoms with Gasteiger partial charge in [-0.1, -0.05) is 24.6 Å². The summed E-state index contributed by atoms with van der Waals surface area (Å²) < 4.78 is 26.9. The van der Waals surface area contributed by atoms with Crippen LogP contribution in [0.4, 0.5) is 0 Å². The highest BCUT2D eigenvalue weighted by atomic mass is 32.2. The average molecular weight is 438 g/mol. The van der Waals surface area contributed by atoms with E-state index in [4.69, 9.17) is 4.98 Å². The van der Waals surface area contributed by atoms with E-state index < -0.39 is 9.84 Å². The molecule has 2 aromatic carbocycles. The van der Waals surface area contributed by atoms with Crippen LogP contribution in [-0.2, 0) is 29.3 Å². The summed E-state index contributed by atoms with van der Waals surface area (Å²) >= 11 is 0. The van der Waals surface area contributed by atoms with Gasteiger partial charge in [0.05, 0.1) is 21.6 Å². The predicted octanol–water partition coefficient (Wildman–Crippen LogP) is 2.55. The zero-order chi connectivity index (χ0) is 21.6. The van der Waals surface area contributed by atoms with Crippen LogP contribution in [-0.4, -0.2) is 41.1 Å². The highest BCUT2D eigenvalue weighted by Crippen LogP contribution is 2.24. The van der Waals surface area contributed by atoms with Gasteiger partial charge < -0.3 is 4.90 Å². The summed E-state index contributed by atoms with van der Waals surface area (Å²) in [6.07, 6.45) is 3.79. The predicted molar refractivity (Wildman–Crippen MR) is 117 cm³/mol. The summed E-state index contributed by atoms with van der Waals surface area (Å²) in [6.45, 7) is 1.03. The van der Waals surface area contributed by atoms with Crippen molar-refractivity contribution in [2.24, 2.45) is 0 Å². The molecular weight excluding hydrogens is 414 g/mol. The van der Waals surface area contributed by atoms with Crippen LogP contribution < -0.4 is 5.56 Å². The largest absolute Gasteiger partial charge is 0.333 e. The Balaban J connectivity index is 1.52. The third kappa shape index (κ3) is 3.54. The lowest BCUT2D eigenvalue weighted by Crippen LogP contribution is -2.32. The van der Waals surface area contributed by atoms with Gasteiger partial charge in [0.25, 0.3) is 11.5 Å². The minimum Gasteiger partial charge on any atom is -0.333 e. The molecule has 1 aromatic heterocycles. The monoisotopic (exact) mass is 437 g/mol. The van der Waals surface area contributed by atoms with E-state index in [9.17, 15) is 18.0 Å². The molecule has 0 spiro atoms.